The summed E-state index contributed by atoms with van der Waals surface area (Å²) in [7, 11) is 2.98. The summed E-state index contributed by atoms with van der Waals surface area (Å²) in [5.41, 5.74) is 0.800. The number of carbonyl (C=O) groups is 1. The van der Waals surface area contributed by atoms with Gasteiger partial charge in [-0.05, 0) is 5.56 Å². The van der Waals surface area contributed by atoms with Gasteiger partial charge < -0.3 is 9.64 Å². The molecule has 4 rings (SSSR count). The molecule has 2 aromatic heterocycles. The van der Waals surface area contributed by atoms with Crippen molar-refractivity contribution in [1.82, 2.24) is 24.0 Å². The van der Waals surface area contributed by atoms with E-state index in [2.05, 4.69) is 14.9 Å². The SMILES string of the molecule is COC(=O)CN1CCN(c2nc3c(c(=O)[nH]c(=O)n3C)n2Cc2ccccc2)CC1. The minimum Gasteiger partial charge on any atom is -0.468 e. The highest BCUT2D eigenvalue weighted by Crippen LogP contribution is 2.22. The van der Waals surface area contributed by atoms with Crippen molar-refractivity contribution in [2.24, 2.45) is 7.05 Å². The second-order valence-corrected chi connectivity index (χ2v) is 7.31. The van der Waals surface area contributed by atoms with Gasteiger partial charge >= 0.3 is 11.7 Å². The number of hydrogen-bond donors (Lipinski definition) is 1. The van der Waals surface area contributed by atoms with Gasteiger partial charge in [0.05, 0.1) is 20.2 Å². The van der Waals surface area contributed by atoms with Crippen LogP contribution >= 0.6 is 0 Å². The quantitative estimate of drug-likeness (QED) is 0.577. The number of anilines is 1. The Morgan fingerprint density at radius 2 is 1.83 bits per heavy atom. The van der Waals surface area contributed by atoms with E-state index < -0.39 is 11.2 Å². The molecule has 0 aliphatic carbocycles. The number of aromatic amines is 1. The molecule has 0 spiro atoms. The Balaban J connectivity index is 1.72. The summed E-state index contributed by atoms with van der Waals surface area (Å²) in [5, 5.41) is 0. The van der Waals surface area contributed by atoms with Crippen molar-refractivity contribution in [3.63, 3.8) is 0 Å². The molecule has 3 aromatic rings. The van der Waals surface area contributed by atoms with Gasteiger partial charge in [-0.15, -0.1) is 0 Å². The summed E-state index contributed by atoms with van der Waals surface area (Å²) in [5.74, 6) is 0.375. The lowest BCUT2D eigenvalue weighted by molar-refractivity contribution is -0.142. The fourth-order valence-corrected chi connectivity index (χ4v) is 3.73. The molecule has 158 valence electrons. The Hall–Kier alpha value is -3.40. The van der Waals surface area contributed by atoms with Crippen LogP contribution in [0, 0.1) is 0 Å². The zero-order valence-corrected chi connectivity index (χ0v) is 17.0. The molecule has 1 saturated heterocycles. The number of fused-ring (bicyclic) bond motifs is 1. The van der Waals surface area contributed by atoms with E-state index in [1.165, 1.54) is 11.7 Å². The van der Waals surface area contributed by atoms with E-state index in [1.54, 1.807) is 7.05 Å². The lowest BCUT2D eigenvalue weighted by Gasteiger charge is -2.34. The van der Waals surface area contributed by atoms with Gasteiger partial charge in [0.2, 0.25) is 5.95 Å². The van der Waals surface area contributed by atoms with E-state index in [0.717, 1.165) is 5.56 Å². The predicted octanol–water partition coefficient (Wildman–Crippen LogP) is -0.233. The van der Waals surface area contributed by atoms with Crippen LogP contribution in [0.2, 0.25) is 0 Å². The highest BCUT2D eigenvalue weighted by molar-refractivity contribution is 5.75. The van der Waals surface area contributed by atoms with Gasteiger partial charge in [-0.2, -0.15) is 4.98 Å². The number of aryl methyl sites for hydroxylation is 1. The molecule has 0 amide bonds. The number of nitrogens with one attached hydrogen (secondary N) is 1. The van der Waals surface area contributed by atoms with Gasteiger partial charge in [0, 0.05) is 33.2 Å². The van der Waals surface area contributed by atoms with Crippen LogP contribution < -0.4 is 16.1 Å². The number of ether oxygens (including phenoxy) is 1. The summed E-state index contributed by atoms with van der Waals surface area (Å²) < 4.78 is 7.96. The zero-order chi connectivity index (χ0) is 21.3. The fraction of sp³-hybridized carbons (Fsp3) is 0.400. The number of imidazole rings is 1. The van der Waals surface area contributed by atoms with Crippen LogP contribution in [0.4, 0.5) is 5.95 Å². The van der Waals surface area contributed by atoms with Gasteiger partial charge in [0.1, 0.15) is 0 Å². The van der Waals surface area contributed by atoms with Gasteiger partial charge in [0.25, 0.3) is 5.56 Å². The van der Waals surface area contributed by atoms with Gasteiger partial charge in [-0.25, -0.2) is 4.79 Å². The molecule has 1 aliphatic rings. The van der Waals surface area contributed by atoms with Crippen molar-refractivity contribution < 1.29 is 9.53 Å². The maximum atomic E-state index is 12.7. The van der Waals surface area contributed by atoms with Crippen molar-refractivity contribution in [3.05, 3.63) is 56.7 Å². The third kappa shape index (κ3) is 3.73. The average Bonchev–Trinajstić information content (AvgIpc) is 3.13. The van der Waals surface area contributed by atoms with E-state index in [0.29, 0.717) is 49.8 Å². The first-order valence-corrected chi connectivity index (χ1v) is 9.75. The standard InChI is InChI=1S/C20H24N6O4/c1-23-17-16(18(28)22-20(23)29)26(12-14-6-4-3-5-7-14)19(21-17)25-10-8-24(9-11-25)13-15(27)30-2/h3-7H,8-13H2,1-2H3,(H,22,28,29). The number of esters is 1. The number of rotatable bonds is 5. The number of piperazine rings is 1. The molecule has 1 fully saturated rings. The number of methoxy groups -OCH3 is 1. The lowest BCUT2D eigenvalue weighted by Crippen LogP contribution is -2.48. The maximum absolute atomic E-state index is 12.7. The molecule has 1 N–H and O–H groups in total. The predicted molar refractivity (Wildman–Crippen MR) is 112 cm³/mol. The molecule has 0 saturated carbocycles. The van der Waals surface area contributed by atoms with Crippen LogP contribution in [-0.2, 0) is 23.1 Å². The number of aromatic nitrogens is 4. The number of nitrogens with zero attached hydrogens (tertiary/aromatic N) is 5. The number of hydrogen-bond acceptors (Lipinski definition) is 7. The van der Waals surface area contributed by atoms with E-state index in [9.17, 15) is 14.4 Å². The van der Waals surface area contributed by atoms with E-state index in [-0.39, 0.29) is 12.5 Å². The highest BCUT2D eigenvalue weighted by Gasteiger charge is 2.25. The van der Waals surface area contributed by atoms with E-state index in [4.69, 9.17) is 4.74 Å². The summed E-state index contributed by atoms with van der Waals surface area (Å²) in [6.07, 6.45) is 0. The molecule has 30 heavy (non-hydrogen) atoms. The summed E-state index contributed by atoms with van der Waals surface area (Å²) >= 11 is 0. The minimum atomic E-state index is -0.494. The third-order valence-corrected chi connectivity index (χ3v) is 5.41. The fourth-order valence-electron chi connectivity index (χ4n) is 3.73. The van der Waals surface area contributed by atoms with Crippen LogP contribution in [0.5, 0.6) is 0 Å². The Morgan fingerprint density at radius 3 is 2.50 bits per heavy atom. The summed E-state index contributed by atoms with van der Waals surface area (Å²) in [6.45, 7) is 3.31. The van der Waals surface area contributed by atoms with Crippen molar-refractivity contribution in [3.8, 4) is 0 Å². The van der Waals surface area contributed by atoms with Crippen molar-refractivity contribution in [2.75, 3.05) is 44.7 Å². The van der Waals surface area contributed by atoms with E-state index in [1.807, 2.05) is 39.8 Å². The van der Waals surface area contributed by atoms with Crippen molar-refractivity contribution in [1.29, 1.82) is 0 Å². The first-order valence-electron chi connectivity index (χ1n) is 9.75. The van der Waals surface area contributed by atoms with Crippen LogP contribution in [0.25, 0.3) is 11.2 Å². The van der Waals surface area contributed by atoms with Crippen LogP contribution in [0.1, 0.15) is 5.56 Å². The third-order valence-electron chi connectivity index (χ3n) is 5.41. The molecular weight excluding hydrogens is 388 g/mol. The lowest BCUT2D eigenvalue weighted by atomic mass is 10.2. The molecule has 0 radical (unpaired) electrons. The average molecular weight is 412 g/mol. The normalized spacial score (nSPS) is 14.9. The smallest absolute Gasteiger partial charge is 0.329 e. The Kier molecular flexibility index (Phi) is 5.40. The first-order chi connectivity index (χ1) is 14.5. The highest BCUT2D eigenvalue weighted by atomic mass is 16.5. The van der Waals surface area contributed by atoms with Gasteiger partial charge in [-0.3, -0.25) is 28.6 Å². The van der Waals surface area contributed by atoms with Crippen molar-refractivity contribution >= 4 is 23.1 Å². The number of benzene rings is 1. The van der Waals surface area contributed by atoms with E-state index >= 15 is 0 Å². The first kappa shape index (κ1) is 19.9. The second-order valence-electron chi connectivity index (χ2n) is 7.31. The van der Waals surface area contributed by atoms with Crippen LogP contribution in [0.3, 0.4) is 0 Å². The molecule has 0 atom stereocenters. The molecule has 10 heteroatoms. The molecule has 10 nitrogen and oxygen atoms in total. The molecule has 1 aromatic carbocycles. The molecular formula is C20H24N6O4. The van der Waals surface area contributed by atoms with Crippen LogP contribution in [0.15, 0.2) is 39.9 Å². The number of carbonyl (C=O) groups excluding carboxylic acids is 1. The summed E-state index contributed by atoms with van der Waals surface area (Å²) in [6, 6.07) is 9.80. The largest absolute Gasteiger partial charge is 0.468 e. The number of H-pyrrole nitrogens is 1. The van der Waals surface area contributed by atoms with Crippen molar-refractivity contribution in [2.45, 2.75) is 6.54 Å². The van der Waals surface area contributed by atoms with Gasteiger partial charge in [-0.1, -0.05) is 30.3 Å². The summed E-state index contributed by atoms with van der Waals surface area (Å²) in [4.78, 5) is 47.4. The topological polar surface area (TPSA) is 105 Å². The van der Waals surface area contributed by atoms with Crippen LogP contribution in [-0.4, -0.2) is 69.8 Å². The molecule has 1 aliphatic heterocycles. The zero-order valence-electron chi connectivity index (χ0n) is 17.0. The minimum absolute atomic E-state index is 0.249. The monoisotopic (exact) mass is 412 g/mol. The molecule has 0 bridgehead atoms. The maximum Gasteiger partial charge on any atom is 0.329 e. The van der Waals surface area contributed by atoms with Gasteiger partial charge in [0.15, 0.2) is 11.2 Å². The Morgan fingerprint density at radius 1 is 1.13 bits per heavy atom. The Labute approximate surface area is 172 Å². The molecule has 3 heterocycles. The molecule has 0 unspecified atom stereocenters. The second kappa shape index (κ2) is 8.15. The Bertz CT molecular complexity index is 1170.